The maximum absolute atomic E-state index is 11.9. The van der Waals surface area contributed by atoms with Crippen LogP contribution < -0.4 is 5.32 Å². The molecule has 1 aromatic rings. The van der Waals surface area contributed by atoms with Gasteiger partial charge in [0.1, 0.15) is 5.78 Å². The van der Waals surface area contributed by atoms with Gasteiger partial charge in [-0.3, -0.25) is 4.79 Å². The van der Waals surface area contributed by atoms with Crippen LogP contribution in [-0.2, 0) is 11.2 Å². The summed E-state index contributed by atoms with van der Waals surface area (Å²) in [7, 11) is 0. The zero-order chi connectivity index (χ0) is 13.0. The van der Waals surface area contributed by atoms with E-state index >= 15 is 0 Å². The molecule has 1 aliphatic heterocycles. The third-order valence-electron chi connectivity index (χ3n) is 3.33. The Hall–Kier alpha value is -0.570. The minimum atomic E-state index is 0.0886. The van der Waals surface area contributed by atoms with E-state index in [9.17, 15) is 4.79 Å². The SMILES string of the molecule is O=C(CCCc1ccc(Cl)cc1Cl)[C@H]1CCCN1. The Kier molecular flexibility index (Phi) is 5.04. The fraction of sp³-hybridized carbons (Fsp3) is 0.500. The van der Waals surface area contributed by atoms with Gasteiger partial charge in [-0.25, -0.2) is 0 Å². The fourth-order valence-electron chi connectivity index (χ4n) is 2.31. The Morgan fingerprint density at radius 2 is 2.22 bits per heavy atom. The van der Waals surface area contributed by atoms with E-state index in [0.29, 0.717) is 22.2 Å². The second-order valence-corrected chi connectivity index (χ2v) is 5.55. The molecule has 1 heterocycles. The van der Waals surface area contributed by atoms with Gasteiger partial charge in [0.15, 0.2) is 0 Å². The Morgan fingerprint density at radius 3 is 2.89 bits per heavy atom. The number of nitrogens with one attached hydrogen (secondary N) is 1. The number of rotatable bonds is 5. The number of Topliss-reactive ketones (excluding diaryl/α,β-unsaturated/α-hetero) is 1. The third kappa shape index (κ3) is 3.71. The van der Waals surface area contributed by atoms with Crippen molar-refractivity contribution in [3.05, 3.63) is 33.8 Å². The van der Waals surface area contributed by atoms with E-state index in [1.54, 1.807) is 6.07 Å². The highest BCUT2D eigenvalue weighted by Crippen LogP contribution is 2.22. The van der Waals surface area contributed by atoms with Gasteiger partial charge in [-0.2, -0.15) is 0 Å². The van der Waals surface area contributed by atoms with E-state index in [1.165, 1.54) is 0 Å². The molecule has 1 aliphatic rings. The second-order valence-electron chi connectivity index (χ2n) is 4.70. The molecule has 0 unspecified atom stereocenters. The van der Waals surface area contributed by atoms with Gasteiger partial charge in [0.25, 0.3) is 0 Å². The lowest BCUT2D eigenvalue weighted by atomic mass is 10.0. The van der Waals surface area contributed by atoms with E-state index in [0.717, 1.165) is 37.8 Å². The predicted molar refractivity (Wildman–Crippen MR) is 75.4 cm³/mol. The zero-order valence-corrected chi connectivity index (χ0v) is 11.7. The van der Waals surface area contributed by atoms with Gasteiger partial charge >= 0.3 is 0 Å². The highest BCUT2D eigenvalue weighted by atomic mass is 35.5. The highest BCUT2D eigenvalue weighted by Gasteiger charge is 2.21. The van der Waals surface area contributed by atoms with Crippen LogP contribution in [-0.4, -0.2) is 18.4 Å². The number of hydrogen-bond donors (Lipinski definition) is 1. The van der Waals surface area contributed by atoms with Gasteiger partial charge in [-0.15, -0.1) is 0 Å². The molecule has 0 bridgehead atoms. The summed E-state index contributed by atoms with van der Waals surface area (Å²) >= 11 is 11.9. The molecule has 98 valence electrons. The van der Waals surface area contributed by atoms with Gasteiger partial charge in [0, 0.05) is 16.5 Å². The van der Waals surface area contributed by atoms with E-state index in [-0.39, 0.29) is 6.04 Å². The van der Waals surface area contributed by atoms with Crippen LogP contribution in [0.3, 0.4) is 0 Å². The van der Waals surface area contributed by atoms with Crippen molar-refractivity contribution >= 4 is 29.0 Å². The first-order valence-electron chi connectivity index (χ1n) is 6.37. The summed E-state index contributed by atoms with van der Waals surface area (Å²) in [4.78, 5) is 11.9. The number of aryl methyl sites for hydroxylation is 1. The number of carbonyl (C=O) groups is 1. The quantitative estimate of drug-likeness (QED) is 0.895. The highest BCUT2D eigenvalue weighted by molar-refractivity contribution is 6.35. The molecule has 0 aliphatic carbocycles. The largest absolute Gasteiger partial charge is 0.307 e. The van der Waals surface area contributed by atoms with Gasteiger partial charge in [-0.1, -0.05) is 29.3 Å². The lowest BCUT2D eigenvalue weighted by Crippen LogP contribution is -2.30. The minimum Gasteiger partial charge on any atom is -0.307 e. The average Bonchev–Trinajstić information content (AvgIpc) is 2.85. The summed E-state index contributed by atoms with van der Waals surface area (Å²) in [6.45, 7) is 0.972. The Balaban J connectivity index is 1.79. The van der Waals surface area contributed by atoms with E-state index in [1.807, 2.05) is 12.1 Å². The molecular weight excluding hydrogens is 269 g/mol. The number of hydrogen-bond acceptors (Lipinski definition) is 2. The molecule has 1 fully saturated rings. The second kappa shape index (κ2) is 6.55. The number of ketones is 1. The smallest absolute Gasteiger partial charge is 0.149 e. The lowest BCUT2D eigenvalue weighted by molar-refractivity contribution is -0.120. The lowest BCUT2D eigenvalue weighted by Gasteiger charge is -2.09. The van der Waals surface area contributed by atoms with Gasteiger partial charge in [0.2, 0.25) is 0 Å². The summed E-state index contributed by atoms with van der Waals surface area (Å²) in [5.41, 5.74) is 1.06. The third-order valence-corrected chi connectivity index (χ3v) is 3.92. The van der Waals surface area contributed by atoms with E-state index < -0.39 is 0 Å². The van der Waals surface area contributed by atoms with Crippen molar-refractivity contribution in [1.82, 2.24) is 5.32 Å². The first-order chi connectivity index (χ1) is 8.66. The maximum Gasteiger partial charge on any atom is 0.149 e. The summed E-state index contributed by atoms with van der Waals surface area (Å²) in [5.74, 6) is 0.331. The van der Waals surface area contributed by atoms with Crippen molar-refractivity contribution in [3.8, 4) is 0 Å². The van der Waals surface area contributed by atoms with E-state index in [4.69, 9.17) is 23.2 Å². The van der Waals surface area contributed by atoms with Crippen molar-refractivity contribution in [2.45, 2.75) is 38.1 Å². The summed E-state index contributed by atoms with van der Waals surface area (Å²) in [5, 5.41) is 4.57. The van der Waals surface area contributed by atoms with Crippen molar-refractivity contribution in [2.24, 2.45) is 0 Å². The molecule has 1 aromatic carbocycles. The summed E-state index contributed by atoms with van der Waals surface area (Å²) in [6, 6.07) is 5.61. The van der Waals surface area contributed by atoms with Gasteiger partial charge in [-0.05, 0) is 49.9 Å². The number of carbonyl (C=O) groups excluding carboxylic acids is 1. The Bertz CT molecular complexity index is 428. The average molecular weight is 286 g/mol. The predicted octanol–water partition coefficient (Wildman–Crippen LogP) is 3.64. The van der Waals surface area contributed by atoms with Crippen LogP contribution >= 0.6 is 23.2 Å². The topological polar surface area (TPSA) is 29.1 Å². The van der Waals surface area contributed by atoms with Gasteiger partial charge < -0.3 is 5.32 Å². The molecule has 0 saturated carbocycles. The molecule has 1 saturated heterocycles. The first kappa shape index (κ1) is 13.9. The van der Waals surface area contributed by atoms with Crippen molar-refractivity contribution in [1.29, 1.82) is 0 Å². The van der Waals surface area contributed by atoms with Crippen molar-refractivity contribution in [2.75, 3.05) is 6.54 Å². The molecule has 0 radical (unpaired) electrons. The van der Waals surface area contributed by atoms with Crippen molar-refractivity contribution < 1.29 is 4.79 Å². The molecular formula is C14H17Cl2NO. The monoisotopic (exact) mass is 285 g/mol. The minimum absolute atomic E-state index is 0.0886. The molecule has 2 rings (SSSR count). The van der Waals surface area contributed by atoms with E-state index in [2.05, 4.69) is 5.32 Å². The summed E-state index contributed by atoms with van der Waals surface area (Å²) in [6.07, 6.45) is 4.39. The first-order valence-corrected chi connectivity index (χ1v) is 7.12. The van der Waals surface area contributed by atoms with Crippen LogP contribution in [0.15, 0.2) is 18.2 Å². The molecule has 0 aromatic heterocycles. The standard InChI is InChI=1S/C14H17Cl2NO/c15-11-7-6-10(12(16)9-11)3-1-5-14(18)13-4-2-8-17-13/h6-7,9,13,17H,1-5,8H2/t13-/m1/s1. The maximum atomic E-state index is 11.9. The Labute approximate surface area is 118 Å². The molecule has 18 heavy (non-hydrogen) atoms. The van der Waals surface area contributed by atoms with Crippen molar-refractivity contribution in [3.63, 3.8) is 0 Å². The fourth-order valence-corrected chi connectivity index (χ4v) is 2.81. The number of benzene rings is 1. The van der Waals surface area contributed by atoms with Gasteiger partial charge in [0.05, 0.1) is 6.04 Å². The van der Waals surface area contributed by atoms with Crippen LogP contribution in [0.4, 0.5) is 0 Å². The molecule has 0 amide bonds. The molecule has 0 spiro atoms. The molecule has 1 atom stereocenters. The summed E-state index contributed by atoms with van der Waals surface area (Å²) < 4.78 is 0. The normalized spacial score (nSPS) is 19.1. The van der Waals surface area contributed by atoms with Crippen LogP contribution in [0.1, 0.15) is 31.2 Å². The van der Waals surface area contributed by atoms with Crippen LogP contribution in [0.5, 0.6) is 0 Å². The molecule has 2 nitrogen and oxygen atoms in total. The van der Waals surface area contributed by atoms with Crippen LogP contribution in [0.25, 0.3) is 0 Å². The zero-order valence-electron chi connectivity index (χ0n) is 10.2. The van der Waals surface area contributed by atoms with Crippen LogP contribution in [0.2, 0.25) is 10.0 Å². The Morgan fingerprint density at radius 1 is 1.39 bits per heavy atom. The van der Waals surface area contributed by atoms with Crippen LogP contribution in [0, 0.1) is 0 Å². The molecule has 1 N–H and O–H groups in total. The number of halogens is 2. The molecule has 4 heteroatoms.